The van der Waals surface area contributed by atoms with Crippen molar-refractivity contribution in [1.82, 2.24) is 14.9 Å². The van der Waals surface area contributed by atoms with Crippen molar-refractivity contribution < 1.29 is 9.13 Å². The van der Waals surface area contributed by atoms with Crippen LogP contribution in [0.1, 0.15) is 11.1 Å². The first kappa shape index (κ1) is 14.2. The highest BCUT2D eigenvalue weighted by molar-refractivity contribution is 5.77. The van der Waals surface area contributed by atoms with Crippen molar-refractivity contribution in [1.29, 1.82) is 0 Å². The number of hydrogen-bond acceptors (Lipinski definition) is 3. The number of imidazole rings is 1. The molecule has 1 N–H and O–H groups in total. The van der Waals surface area contributed by atoms with Gasteiger partial charge in [0.2, 0.25) is 0 Å². The molecule has 5 heteroatoms. The van der Waals surface area contributed by atoms with Crippen LogP contribution < -0.4 is 10.1 Å². The zero-order valence-corrected chi connectivity index (χ0v) is 13.1. The lowest BCUT2D eigenvalue weighted by Crippen LogP contribution is -2.51. The Kier molecular flexibility index (Phi) is 3.13. The zero-order valence-electron chi connectivity index (χ0n) is 13.1. The highest BCUT2D eigenvalue weighted by Gasteiger charge is 2.38. The van der Waals surface area contributed by atoms with Crippen LogP contribution >= 0.6 is 0 Å². The summed E-state index contributed by atoms with van der Waals surface area (Å²) in [4.78, 5) is 4.56. The van der Waals surface area contributed by atoms with Crippen molar-refractivity contribution in [3.63, 3.8) is 0 Å². The van der Waals surface area contributed by atoms with Crippen LogP contribution in [0.4, 0.5) is 4.39 Å². The molecule has 0 amide bonds. The van der Waals surface area contributed by atoms with Gasteiger partial charge in [-0.25, -0.2) is 4.39 Å². The number of aryl methyl sites for hydroxylation is 1. The normalized spacial score (nSPS) is 20.3. The quantitative estimate of drug-likeness (QED) is 0.791. The molecule has 0 saturated heterocycles. The standard InChI is InChI=1S/C18H18FN3O/c1-12-6-7-16-15(8-12)21-17-22(16)10-18(20-2,11-23-17)13-4-3-5-14(19)9-13/h3-9,20H,10-11H2,1-2H3. The number of fused-ring (bicyclic) bond motifs is 3. The van der Waals surface area contributed by atoms with Crippen LogP contribution in [-0.4, -0.2) is 23.2 Å². The molecule has 0 saturated carbocycles. The third-order valence-electron chi connectivity index (χ3n) is 4.60. The number of hydrogen-bond donors (Lipinski definition) is 1. The first-order valence-electron chi connectivity index (χ1n) is 7.66. The molecule has 1 aromatic heterocycles. The van der Waals surface area contributed by atoms with Gasteiger partial charge in [-0.2, -0.15) is 4.98 Å². The molecule has 3 aromatic rings. The summed E-state index contributed by atoms with van der Waals surface area (Å²) in [5, 5.41) is 3.33. The number of aromatic nitrogens is 2. The summed E-state index contributed by atoms with van der Waals surface area (Å²) in [6.07, 6.45) is 0. The molecule has 1 unspecified atom stereocenters. The molecular weight excluding hydrogens is 293 g/mol. The fourth-order valence-corrected chi connectivity index (χ4v) is 3.24. The second-order valence-electron chi connectivity index (χ2n) is 6.10. The monoisotopic (exact) mass is 311 g/mol. The van der Waals surface area contributed by atoms with Gasteiger partial charge < -0.3 is 10.1 Å². The van der Waals surface area contributed by atoms with Gasteiger partial charge >= 0.3 is 0 Å². The minimum absolute atomic E-state index is 0.242. The molecule has 1 aliphatic rings. The smallest absolute Gasteiger partial charge is 0.297 e. The zero-order chi connectivity index (χ0) is 16.0. The van der Waals surface area contributed by atoms with Crippen molar-refractivity contribution in [3.05, 3.63) is 59.4 Å². The van der Waals surface area contributed by atoms with Crippen molar-refractivity contribution >= 4 is 11.0 Å². The van der Waals surface area contributed by atoms with E-state index in [-0.39, 0.29) is 5.82 Å². The Morgan fingerprint density at radius 1 is 1.26 bits per heavy atom. The number of likely N-dealkylation sites (N-methyl/N-ethyl adjacent to an activating group) is 1. The van der Waals surface area contributed by atoms with Gasteiger partial charge in [-0.05, 0) is 49.4 Å². The van der Waals surface area contributed by atoms with Gasteiger partial charge in [-0.1, -0.05) is 18.2 Å². The van der Waals surface area contributed by atoms with E-state index in [1.807, 2.05) is 26.1 Å². The molecular formula is C18H18FN3O. The minimum Gasteiger partial charge on any atom is -0.462 e. The second-order valence-corrected chi connectivity index (χ2v) is 6.10. The summed E-state index contributed by atoms with van der Waals surface area (Å²) < 4.78 is 21.6. The van der Waals surface area contributed by atoms with Crippen molar-refractivity contribution in [2.75, 3.05) is 13.7 Å². The van der Waals surface area contributed by atoms with Gasteiger partial charge in [0.1, 0.15) is 12.4 Å². The van der Waals surface area contributed by atoms with Crippen LogP contribution in [-0.2, 0) is 12.1 Å². The van der Waals surface area contributed by atoms with Gasteiger partial charge in [0.25, 0.3) is 6.01 Å². The van der Waals surface area contributed by atoms with E-state index in [0.29, 0.717) is 19.2 Å². The summed E-state index contributed by atoms with van der Waals surface area (Å²) in [5.74, 6) is -0.242. The molecule has 4 rings (SSSR count). The van der Waals surface area contributed by atoms with E-state index in [2.05, 4.69) is 27.0 Å². The molecule has 4 nitrogen and oxygen atoms in total. The Labute approximate surface area is 133 Å². The minimum atomic E-state index is -0.479. The van der Waals surface area contributed by atoms with Gasteiger partial charge in [-0.3, -0.25) is 4.57 Å². The Bertz CT molecular complexity index is 889. The lowest BCUT2D eigenvalue weighted by atomic mass is 9.89. The average Bonchev–Trinajstić information content (AvgIpc) is 2.91. The summed E-state index contributed by atoms with van der Waals surface area (Å²) in [6, 6.07) is 13.5. The molecule has 1 aliphatic heterocycles. The van der Waals surface area contributed by atoms with Crippen molar-refractivity contribution in [3.8, 4) is 6.01 Å². The maximum absolute atomic E-state index is 13.7. The lowest BCUT2D eigenvalue weighted by Gasteiger charge is -2.37. The summed E-state index contributed by atoms with van der Waals surface area (Å²) in [7, 11) is 1.88. The largest absolute Gasteiger partial charge is 0.462 e. The lowest BCUT2D eigenvalue weighted by molar-refractivity contribution is 0.115. The summed E-state index contributed by atoms with van der Waals surface area (Å²) >= 11 is 0. The third-order valence-corrected chi connectivity index (χ3v) is 4.60. The van der Waals surface area contributed by atoms with Gasteiger partial charge in [-0.15, -0.1) is 0 Å². The van der Waals surface area contributed by atoms with Gasteiger partial charge in [0.05, 0.1) is 23.1 Å². The third kappa shape index (κ3) is 2.19. The van der Waals surface area contributed by atoms with Gasteiger partial charge in [0.15, 0.2) is 0 Å². The molecule has 2 heterocycles. The average molecular weight is 311 g/mol. The number of benzene rings is 2. The molecule has 0 radical (unpaired) electrons. The Balaban J connectivity index is 1.84. The fraction of sp³-hybridized carbons (Fsp3) is 0.278. The second kappa shape index (κ2) is 5.06. The number of rotatable bonds is 2. The van der Waals surface area contributed by atoms with E-state index in [1.54, 1.807) is 12.1 Å². The van der Waals surface area contributed by atoms with E-state index in [1.165, 1.54) is 6.07 Å². The van der Waals surface area contributed by atoms with E-state index < -0.39 is 5.54 Å². The summed E-state index contributed by atoms with van der Waals surface area (Å²) in [6.45, 7) is 3.10. The van der Waals surface area contributed by atoms with Crippen LogP contribution in [0.5, 0.6) is 6.01 Å². The first-order chi connectivity index (χ1) is 11.1. The highest BCUT2D eigenvalue weighted by Crippen LogP contribution is 2.34. The molecule has 0 fully saturated rings. The number of halogens is 1. The predicted molar refractivity (Wildman–Crippen MR) is 87.1 cm³/mol. The molecule has 2 aromatic carbocycles. The Morgan fingerprint density at radius 2 is 2.13 bits per heavy atom. The molecule has 0 spiro atoms. The Hall–Kier alpha value is -2.40. The van der Waals surface area contributed by atoms with Crippen LogP contribution in [0.25, 0.3) is 11.0 Å². The first-order valence-corrected chi connectivity index (χ1v) is 7.66. The van der Waals surface area contributed by atoms with E-state index in [9.17, 15) is 4.39 Å². The number of nitrogens with zero attached hydrogens (tertiary/aromatic N) is 2. The number of nitrogens with one attached hydrogen (secondary N) is 1. The van der Waals surface area contributed by atoms with Crippen molar-refractivity contribution in [2.24, 2.45) is 0 Å². The van der Waals surface area contributed by atoms with Crippen LogP contribution in [0.15, 0.2) is 42.5 Å². The number of ether oxygens (including phenoxy) is 1. The molecule has 0 bridgehead atoms. The highest BCUT2D eigenvalue weighted by atomic mass is 19.1. The topological polar surface area (TPSA) is 39.1 Å². The fourth-order valence-electron chi connectivity index (χ4n) is 3.24. The molecule has 118 valence electrons. The molecule has 0 aliphatic carbocycles. The van der Waals surface area contributed by atoms with E-state index in [4.69, 9.17) is 4.74 Å². The molecule has 1 atom stereocenters. The maximum atomic E-state index is 13.7. The SMILES string of the molecule is CNC1(c2cccc(F)c2)COc2nc3cc(C)ccc3n2C1. The van der Waals surface area contributed by atoms with Crippen LogP contribution in [0.3, 0.4) is 0 Å². The van der Waals surface area contributed by atoms with Crippen LogP contribution in [0.2, 0.25) is 0 Å². The van der Waals surface area contributed by atoms with Crippen molar-refractivity contribution in [2.45, 2.75) is 19.0 Å². The van der Waals surface area contributed by atoms with E-state index in [0.717, 1.165) is 22.2 Å². The van der Waals surface area contributed by atoms with Gasteiger partial charge in [0, 0.05) is 0 Å². The van der Waals surface area contributed by atoms with E-state index >= 15 is 0 Å². The Morgan fingerprint density at radius 3 is 2.91 bits per heavy atom. The summed E-state index contributed by atoms with van der Waals surface area (Å²) in [5.41, 5.74) is 3.51. The van der Waals surface area contributed by atoms with Crippen LogP contribution in [0, 0.1) is 12.7 Å². The molecule has 23 heavy (non-hydrogen) atoms. The predicted octanol–water partition coefficient (Wildman–Crippen LogP) is 2.99. The maximum Gasteiger partial charge on any atom is 0.297 e.